The van der Waals surface area contributed by atoms with Gasteiger partial charge in [0.15, 0.2) is 0 Å². The van der Waals surface area contributed by atoms with E-state index in [9.17, 15) is 19.0 Å². The molecule has 0 fully saturated rings. The minimum atomic E-state index is -4.46. The number of esters is 1. The van der Waals surface area contributed by atoms with Gasteiger partial charge in [-0.05, 0) is 109 Å². The molecule has 81 heavy (non-hydrogen) atoms. The molecule has 0 aliphatic carbocycles. The number of phosphoric acid groups is 1. The summed E-state index contributed by atoms with van der Waals surface area (Å²) >= 11 is 0. The highest BCUT2D eigenvalue weighted by Crippen LogP contribution is 2.43. The molecule has 2 N–H and O–H groups in total. The molecule has 0 radical (unpaired) electrons. The molecule has 1 amide bonds. The van der Waals surface area contributed by atoms with Gasteiger partial charge in [0, 0.05) is 12.8 Å². The predicted octanol–water partition coefficient (Wildman–Crippen LogP) is 21.1. The molecule has 3 atom stereocenters. The number of quaternary nitrogens is 1. The average Bonchev–Trinajstić information content (AvgIpc) is 3.44. The molecular weight excluding hydrogens is 1020 g/mol. The summed E-state index contributed by atoms with van der Waals surface area (Å²) in [5.74, 6) is -0.520. The van der Waals surface area contributed by atoms with E-state index >= 15 is 0 Å². The lowest BCUT2D eigenvalue weighted by Gasteiger charge is -2.27. The number of unbranched alkanes of at least 4 members (excludes halogenated alkanes) is 30. The quantitative estimate of drug-likeness (QED) is 0.0205. The molecule has 3 unspecified atom stereocenters. The maximum Gasteiger partial charge on any atom is 0.472 e. The zero-order valence-electron chi connectivity index (χ0n) is 53.5. The summed E-state index contributed by atoms with van der Waals surface area (Å²) in [6, 6.07) is -0.860. The number of likely N-dealkylation sites (N-methyl/N-ethyl adjacent to an activating group) is 1. The molecule has 0 saturated carbocycles. The third-order valence-corrected chi connectivity index (χ3v) is 15.5. The van der Waals surface area contributed by atoms with Gasteiger partial charge >= 0.3 is 13.8 Å². The zero-order valence-corrected chi connectivity index (χ0v) is 54.4. The Balaban J connectivity index is 5.14. The van der Waals surface area contributed by atoms with Crippen molar-refractivity contribution in [2.75, 3.05) is 40.9 Å². The lowest BCUT2D eigenvalue weighted by molar-refractivity contribution is -0.870. The fourth-order valence-corrected chi connectivity index (χ4v) is 10.1. The molecule has 0 saturated heterocycles. The summed E-state index contributed by atoms with van der Waals surface area (Å²) in [4.78, 5) is 37.8. The van der Waals surface area contributed by atoms with Crippen LogP contribution in [0.1, 0.15) is 290 Å². The lowest BCUT2D eigenvalue weighted by atomic mass is 10.0. The molecule has 9 nitrogen and oxygen atoms in total. The number of rotatable bonds is 60. The summed E-state index contributed by atoms with van der Waals surface area (Å²) in [6.07, 6.45) is 81.2. The van der Waals surface area contributed by atoms with Crippen LogP contribution >= 0.6 is 7.82 Å². The average molecular weight is 1150 g/mol. The Bertz CT molecular complexity index is 1710. The SMILES string of the molecule is CC/C=C\C/C=C\C/C=C\C/C=C\C/C=C\CCCCCCCCCC(=O)OC(/C=C/CCCCCCCCCCC)C(COP(=O)(O)OCC[N+](C)(C)C)NC(=O)CCCCCCCCCCCCC/C=C\C/C=C\CCCCC. The monoisotopic (exact) mass is 1150 g/mol. The summed E-state index contributed by atoms with van der Waals surface area (Å²) < 4.78 is 30.8. The number of nitrogens with zero attached hydrogens (tertiary/aromatic N) is 1. The van der Waals surface area contributed by atoms with Crippen molar-refractivity contribution in [3.8, 4) is 0 Å². The van der Waals surface area contributed by atoms with Gasteiger partial charge in [0.2, 0.25) is 5.91 Å². The number of phosphoric ester groups is 1. The Morgan fingerprint density at radius 3 is 1.21 bits per heavy atom. The minimum Gasteiger partial charge on any atom is -0.456 e. The first-order valence-electron chi connectivity index (χ1n) is 33.6. The van der Waals surface area contributed by atoms with E-state index in [1.807, 2.05) is 33.3 Å². The van der Waals surface area contributed by atoms with Crippen molar-refractivity contribution in [1.82, 2.24) is 5.32 Å². The van der Waals surface area contributed by atoms with E-state index in [4.69, 9.17) is 13.8 Å². The maximum absolute atomic E-state index is 13.6. The van der Waals surface area contributed by atoms with Gasteiger partial charge in [0.05, 0.1) is 33.8 Å². The molecule has 0 aromatic heterocycles. The molecule has 0 aliphatic rings. The molecule has 0 bridgehead atoms. The van der Waals surface area contributed by atoms with Crippen LogP contribution in [-0.2, 0) is 27.9 Å². The van der Waals surface area contributed by atoms with Gasteiger partial charge in [-0.3, -0.25) is 18.6 Å². The highest BCUT2D eigenvalue weighted by molar-refractivity contribution is 7.47. The Hall–Kier alpha value is -3.07. The van der Waals surface area contributed by atoms with E-state index in [1.54, 1.807) is 0 Å². The van der Waals surface area contributed by atoms with Gasteiger partial charge in [-0.15, -0.1) is 0 Å². The number of carbonyl (C=O) groups excluding carboxylic acids is 2. The Morgan fingerprint density at radius 2 is 0.790 bits per heavy atom. The predicted molar refractivity (Wildman–Crippen MR) is 350 cm³/mol. The number of ether oxygens (including phenoxy) is 1. The number of carbonyl (C=O) groups is 2. The van der Waals surface area contributed by atoms with Gasteiger partial charge in [0.25, 0.3) is 0 Å². The Labute approximate surface area is 500 Å². The van der Waals surface area contributed by atoms with Crippen molar-refractivity contribution in [3.63, 3.8) is 0 Å². The summed E-state index contributed by atoms with van der Waals surface area (Å²) in [6.45, 7) is 6.87. The van der Waals surface area contributed by atoms with E-state index in [0.717, 1.165) is 109 Å². The second kappa shape index (κ2) is 60.1. The lowest BCUT2D eigenvalue weighted by Crippen LogP contribution is -2.47. The number of hydrogen-bond acceptors (Lipinski definition) is 6. The van der Waals surface area contributed by atoms with E-state index in [1.165, 1.54) is 148 Å². The van der Waals surface area contributed by atoms with Crippen LogP contribution in [0.25, 0.3) is 0 Å². The molecule has 0 aromatic carbocycles. The topological polar surface area (TPSA) is 111 Å². The van der Waals surface area contributed by atoms with Crippen LogP contribution in [0.4, 0.5) is 0 Å². The third kappa shape index (κ3) is 61.3. The van der Waals surface area contributed by atoms with Crippen LogP contribution in [-0.4, -0.2) is 74.3 Å². The van der Waals surface area contributed by atoms with Crippen LogP contribution in [0.15, 0.2) is 97.2 Å². The molecule has 0 spiro atoms. The van der Waals surface area contributed by atoms with Crippen molar-refractivity contribution >= 4 is 19.7 Å². The molecular formula is C71H128N2O7P+. The van der Waals surface area contributed by atoms with Gasteiger partial charge in [-0.25, -0.2) is 4.57 Å². The summed E-state index contributed by atoms with van der Waals surface area (Å²) in [5.41, 5.74) is 0. The van der Waals surface area contributed by atoms with Gasteiger partial charge in [-0.1, -0.05) is 266 Å². The Kier molecular flexibility index (Phi) is 57.8. The normalized spacial score (nSPS) is 14.2. The molecule has 0 rings (SSSR count). The summed E-state index contributed by atoms with van der Waals surface area (Å²) in [5, 5.41) is 3.06. The standard InChI is InChI=1S/C71H127N2O7P/c1-7-10-13-16-19-22-25-27-29-31-33-35-36-38-40-42-44-46-49-52-55-58-61-64-71(75)80-69(62-59-56-53-50-47-24-21-18-15-12-9-3)68(67-79-81(76,77)78-66-65-73(4,5)6)72-70(74)63-60-57-54-51-48-45-43-41-39-37-34-32-30-28-26-23-20-17-14-11-8-2/h10,13,19-20,22-23,27-30,33,35,38,40,59,62,68-69H,7-9,11-12,14-18,21,24-26,31-32,34,36-37,39,41-58,60-61,63-67H2,1-6H3,(H-,72,74,76,77)/p+1/b13-10-,22-19-,23-20-,29-27-,30-28-,35-33-,40-38-,62-59+. The third-order valence-electron chi connectivity index (χ3n) is 14.5. The largest absolute Gasteiger partial charge is 0.472 e. The summed E-state index contributed by atoms with van der Waals surface area (Å²) in [7, 11) is 1.48. The number of hydrogen-bond donors (Lipinski definition) is 2. The van der Waals surface area contributed by atoms with Crippen molar-refractivity contribution < 1.29 is 37.3 Å². The van der Waals surface area contributed by atoms with E-state index < -0.39 is 20.0 Å². The fourth-order valence-electron chi connectivity index (χ4n) is 9.35. The molecule has 0 aromatic rings. The van der Waals surface area contributed by atoms with Crippen LogP contribution in [0.5, 0.6) is 0 Å². The van der Waals surface area contributed by atoms with Crippen molar-refractivity contribution in [2.24, 2.45) is 0 Å². The van der Waals surface area contributed by atoms with Gasteiger partial charge < -0.3 is 19.4 Å². The van der Waals surface area contributed by atoms with E-state index in [-0.39, 0.29) is 31.5 Å². The van der Waals surface area contributed by atoms with E-state index in [0.29, 0.717) is 17.4 Å². The second-order valence-corrected chi connectivity index (χ2v) is 25.1. The van der Waals surface area contributed by atoms with Crippen LogP contribution < -0.4 is 5.32 Å². The molecule has 0 aliphatic heterocycles. The number of allylic oxidation sites excluding steroid dienone is 15. The van der Waals surface area contributed by atoms with E-state index in [2.05, 4.69) is 111 Å². The second-order valence-electron chi connectivity index (χ2n) is 23.6. The molecule has 468 valence electrons. The smallest absolute Gasteiger partial charge is 0.456 e. The first-order valence-corrected chi connectivity index (χ1v) is 35.1. The van der Waals surface area contributed by atoms with Crippen LogP contribution in [0.3, 0.4) is 0 Å². The van der Waals surface area contributed by atoms with Crippen LogP contribution in [0.2, 0.25) is 0 Å². The first kappa shape index (κ1) is 77.9. The Morgan fingerprint density at radius 1 is 0.444 bits per heavy atom. The highest BCUT2D eigenvalue weighted by Gasteiger charge is 2.30. The fraction of sp³-hybridized carbons (Fsp3) is 0.746. The van der Waals surface area contributed by atoms with Crippen LogP contribution in [0, 0.1) is 0 Å². The van der Waals surface area contributed by atoms with Crippen molar-refractivity contribution in [1.29, 1.82) is 0 Å². The van der Waals surface area contributed by atoms with Gasteiger partial charge in [-0.2, -0.15) is 0 Å². The minimum absolute atomic E-state index is 0.0341. The molecule has 0 heterocycles. The van der Waals surface area contributed by atoms with Crippen molar-refractivity contribution in [3.05, 3.63) is 97.2 Å². The van der Waals surface area contributed by atoms with Crippen molar-refractivity contribution in [2.45, 2.75) is 303 Å². The highest BCUT2D eigenvalue weighted by atomic mass is 31.2. The first-order chi connectivity index (χ1) is 39.4. The molecule has 10 heteroatoms. The number of amides is 1. The maximum atomic E-state index is 13.6. The van der Waals surface area contributed by atoms with Gasteiger partial charge in [0.1, 0.15) is 19.3 Å². The number of nitrogens with one attached hydrogen (secondary N) is 1. The zero-order chi connectivity index (χ0) is 59.3.